The molecule has 3 heteroatoms. The topological polar surface area (TPSA) is 18.5 Å². The number of nitrogens with one attached hydrogen (secondary N) is 1. The molecule has 1 aliphatic rings. The first-order valence-corrected chi connectivity index (χ1v) is 7.36. The smallest absolute Gasteiger partial charge is 0.0330 e. The molecule has 0 aromatic carbocycles. The van der Waals surface area contributed by atoms with E-state index in [2.05, 4.69) is 57.0 Å². The number of rotatable bonds is 7. The summed E-state index contributed by atoms with van der Waals surface area (Å²) in [7, 11) is 6.73. The second kappa shape index (κ2) is 6.36. The Balaban J connectivity index is 2.19. The molecule has 0 radical (unpaired) electrons. The molecular weight excluding hydrogens is 222 g/mol. The summed E-state index contributed by atoms with van der Waals surface area (Å²) in [6.07, 6.45) is 5.37. The van der Waals surface area contributed by atoms with Gasteiger partial charge in [0.25, 0.3) is 0 Å². The average molecular weight is 255 g/mol. The molecule has 1 N–H and O–H groups in total. The first kappa shape index (κ1) is 15.9. The van der Waals surface area contributed by atoms with Crippen LogP contribution in [0.3, 0.4) is 0 Å². The van der Waals surface area contributed by atoms with Crippen molar-refractivity contribution in [2.24, 2.45) is 0 Å². The largest absolute Gasteiger partial charge is 0.312 e. The Morgan fingerprint density at radius 1 is 1.11 bits per heavy atom. The maximum absolute atomic E-state index is 3.55. The van der Waals surface area contributed by atoms with Crippen molar-refractivity contribution < 1.29 is 0 Å². The first-order chi connectivity index (χ1) is 8.25. The highest BCUT2D eigenvalue weighted by Crippen LogP contribution is 2.36. The Kier molecular flexibility index (Phi) is 5.63. The van der Waals surface area contributed by atoms with Crippen molar-refractivity contribution in [1.82, 2.24) is 15.1 Å². The highest BCUT2D eigenvalue weighted by molar-refractivity contribution is 4.97. The molecule has 0 amide bonds. The summed E-state index contributed by atoms with van der Waals surface area (Å²) >= 11 is 0. The van der Waals surface area contributed by atoms with Crippen LogP contribution in [0, 0.1) is 0 Å². The van der Waals surface area contributed by atoms with Crippen molar-refractivity contribution in [2.75, 3.05) is 40.8 Å². The van der Waals surface area contributed by atoms with E-state index in [9.17, 15) is 0 Å². The molecule has 0 bridgehead atoms. The molecule has 0 aliphatic heterocycles. The molecule has 0 aromatic heterocycles. The number of hydrogen-bond donors (Lipinski definition) is 1. The van der Waals surface area contributed by atoms with Gasteiger partial charge in [0.2, 0.25) is 0 Å². The molecule has 1 aliphatic carbocycles. The van der Waals surface area contributed by atoms with E-state index >= 15 is 0 Å². The van der Waals surface area contributed by atoms with E-state index in [0.29, 0.717) is 5.54 Å². The van der Waals surface area contributed by atoms with Gasteiger partial charge >= 0.3 is 0 Å². The van der Waals surface area contributed by atoms with Crippen LogP contribution in [0.5, 0.6) is 0 Å². The summed E-state index contributed by atoms with van der Waals surface area (Å²) in [5.74, 6) is 0. The van der Waals surface area contributed by atoms with Crippen LogP contribution in [-0.4, -0.2) is 61.7 Å². The van der Waals surface area contributed by atoms with Crippen LogP contribution in [-0.2, 0) is 0 Å². The van der Waals surface area contributed by atoms with Crippen molar-refractivity contribution in [3.63, 3.8) is 0 Å². The van der Waals surface area contributed by atoms with Gasteiger partial charge in [0, 0.05) is 17.6 Å². The molecule has 0 spiro atoms. The highest BCUT2D eigenvalue weighted by atomic mass is 15.2. The van der Waals surface area contributed by atoms with Crippen molar-refractivity contribution in [2.45, 2.75) is 57.5 Å². The van der Waals surface area contributed by atoms with Crippen LogP contribution in [0.1, 0.15) is 46.5 Å². The third-order valence-corrected chi connectivity index (χ3v) is 4.17. The lowest BCUT2D eigenvalue weighted by Gasteiger charge is -2.49. The summed E-state index contributed by atoms with van der Waals surface area (Å²) in [4.78, 5) is 4.93. The normalized spacial score (nSPS) is 19.3. The van der Waals surface area contributed by atoms with Crippen molar-refractivity contribution in [3.05, 3.63) is 0 Å². The molecular formula is C15H33N3. The van der Waals surface area contributed by atoms with Gasteiger partial charge in [0.05, 0.1) is 0 Å². The van der Waals surface area contributed by atoms with Gasteiger partial charge in [-0.05, 0) is 80.7 Å². The standard InChI is InChI=1S/C15H33N3/c1-14(2,3)16-11-8-12-18(6)13-15(17(4)5)9-7-10-15/h16H,7-13H2,1-6H3. The van der Waals surface area contributed by atoms with E-state index in [1.165, 1.54) is 38.8 Å². The lowest BCUT2D eigenvalue weighted by molar-refractivity contribution is 0.0276. The molecule has 0 saturated heterocycles. The fraction of sp³-hybridized carbons (Fsp3) is 1.00. The van der Waals surface area contributed by atoms with E-state index in [4.69, 9.17) is 0 Å². The van der Waals surface area contributed by atoms with Crippen LogP contribution < -0.4 is 5.32 Å². The summed E-state index contributed by atoms with van der Waals surface area (Å²) in [6, 6.07) is 0. The van der Waals surface area contributed by atoms with E-state index in [0.717, 1.165) is 6.54 Å². The van der Waals surface area contributed by atoms with Crippen LogP contribution in [0.2, 0.25) is 0 Å². The second-order valence-electron chi connectivity index (χ2n) is 7.24. The maximum atomic E-state index is 3.55. The van der Waals surface area contributed by atoms with Gasteiger partial charge in [-0.15, -0.1) is 0 Å². The average Bonchev–Trinajstić information content (AvgIpc) is 2.16. The molecule has 0 unspecified atom stereocenters. The van der Waals surface area contributed by atoms with Crippen LogP contribution in [0.25, 0.3) is 0 Å². The molecule has 108 valence electrons. The molecule has 0 aromatic rings. The summed E-state index contributed by atoms with van der Waals surface area (Å²) in [5.41, 5.74) is 0.712. The number of likely N-dealkylation sites (N-methyl/N-ethyl adjacent to an activating group) is 2. The number of nitrogens with zero attached hydrogens (tertiary/aromatic N) is 2. The number of hydrogen-bond acceptors (Lipinski definition) is 3. The summed E-state index contributed by atoms with van der Waals surface area (Å²) in [6.45, 7) is 10.2. The van der Waals surface area contributed by atoms with Gasteiger partial charge in [-0.3, -0.25) is 0 Å². The van der Waals surface area contributed by atoms with E-state index < -0.39 is 0 Å². The SMILES string of the molecule is CN(CCCNC(C)(C)C)CC1(N(C)C)CCC1. The van der Waals surface area contributed by atoms with Gasteiger partial charge in [0.1, 0.15) is 0 Å². The van der Waals surface area contributed by atoms with Crippen LogP contribution in [0.15, 0.2) is 0 Å². The lowest BCUT2D eigenvalue weighted by Crippen LogP contribution is -2.56. The summed E-state index contributed by atoms with van der Waals surface area (Å²) in [5, 5.41) is 3.55. The second-order valence-corrected chi connectivity index (χ2v) is 7.24. The minimum atomic E-state index is 0.247. The zero-order valence-corrected chi connectivity index (χ0v) is 13.3. The summed E-state index contributed by atoms with van der Waals surface area (Å²) < 4.78 is 0. The van der Waals surface area contributed by atoms with Crippen molar-refractivity contribution >= 4 is 0 Å². The minimum Gasteiger partial charge on any atom is -0.312 e. The Labute approximate surface area is 114 Å². The fourth-order valence-corrected chi connectivity index (χ4v) is 2.73. The molecule has 1 saturated carbocycles. The zero-order valence-electron chi connectivity index (χ0n) is 13.3. The molecule has 1 rings (SSSR count). The predicted octanol–water partition coefficient (Wildman–Crippen LogP) is 2.18. The lowest BCUT2D eigenvalue weighted by atomic mass is 9.75. The monoisotopic (exact) mass is 255 g/mol. The minimum absolute atomic E-state index is 0.247. The molecule has 18 heavy (non-hydrogen) atoms. The van der Waals surface area contributed by atoms with Gasteiger partial charge in [0.15, 0.2) is 0 Å². The van der Waals surface area contributed by atoms with E-state index in [1.807, 2.05) is 0 Å². The first-order valence-electron chi connectivity index (χ1n) is 7.36. The van der Waals surface area contributed by atoms with Crippen LogP contribution >= 0.6 is 0 Å². The van der Waals surface area contributed by atoms with Crippen molar-refractivity contribution in [1.29, 1.82) is 0 Å². The Bertz CT molecular complexity index is 239. The molecule has 0 heterocycles. The predicted molar refractivity (Wildman–Crippen MR) is 80.1 cm³/mol. The van der Waals surface area contributed by atoms with Gasteiger partial charge in [-0.1, -0.05) is 0 Å². The van der Waals surface area contributed by atoms with E-state index in [1.54, 1.807) is 0 Å². The molecule has 0 atom stereocenters. The Morgan fingerprint density at radius 3 is 2.11 bits per heavy atom. The molecule has 3 nitrogen and oxygen atoms in total. The van der Waals surface area contributed by atoms with Gasteiger partial charge in [-0.25, -0.2) is 0 Å². The fourth-order valence-electron chi connectivity index (χ4n) is 2.73. The van der Waals surface area contributed by atoms with Gasteiger partial charge in [-0.2, -0.15) is 0 Å². The van der Waals surface area contributed by atoms with Crippen LogP contribution in [0.4, 0.5) is 0 Å². The molecule has 1 fully saturated rings. The Morgan fingerprint density at radius 2 is 1.72 bits per heavy atom. The third kappa shape index (κ3) is 4.87. The maximum Gasteiger partial charge on any atom is 0.0330 e. The van der Waals surface area contributed by atoms with Crippen molar-refractivity contribution in [3.8, 4) is 0 Å². The quantitative estimate of drug-likeness (QED) is 0.704. The highest BCUT2D eigenvalue weighted by Gasteiger charge is 2.39. The Hall–Kier alpha value is -0.120. The zero-order chi connectivity index (χ0) is 13.8. The third-order valence-electron chi connectivity index (χ3n) is 4.17. The van der Waals surface area contributed by atoms with E-state index in [-0.39, 0.29) is 5.54 Å². The van der Waals surface area contributed by atoms with Gasteiger partial charge < -0.3 is 15.1 Å².